The van der Waals surface area contributed by atoms with Crippen LogP contribution in [0.15, 0.2) is 12.7 Å². The van der Waals surface area contributed by atoms with E-state index in [0.717, 1.165) is 0 Å². The maximum Gasteiger partial charge on any atom is 0.339 e. The third-order valence-corrected chi connectivity index (χ3v) is 2.81. The van der Waals surface area contributed by atoms with Crippen LogP contribution in [0, 0.1) is 0 Å². The standard InChI is InChI=1S/C11H15NO4/c1-4-7-16-10(15)11(3,8(2)13)12-6-5-9(12)14/h4H,1,5-7H2,2-3H3. The molecule has 16 heavy (non-hydrogen) atoms. The quantitative estimate of drug-likeness (QED) is 0.292. The van der Waals surface area contributed by atoms with Crippen LogP contribution in [0.25, 0.3) is 0 Å². The number of rotatable bonds is 5. The number of carbonyl (C=O) groups excluding carboxylic acids is 3. The van der Waals surface area contributed by atoms with Crippen molar-refractivity contribution in [2.24, 2.45) is 0 Å². The number of esters is 1. The maximum atomic E-state index is 11.8. The lowest BCUT2D eigenvalue weighted by molar-refractivity contribution is -0.171. The van der Waals surface area contributed by atoms with Crippen molar-refractivity contribution in [3.63, 3.8) is 0 Å². The lowest BCUT2D eigenvalue weighted by atomic mass is 9.91. The molecule has 0 aromatic carbocycles. The van der Waals surface area contributed by atoms with Crippen LogP contribution in [-0.4, -0.2) is 41.3 Å². The molecule has 5 nitrogen and oxygen atoms in total. The van der Waals surface area contributed by atoms with Crippen molar-refractivity contribution >= 4 is 17.7 Å². The zero-order valence-corrected chi connectivity index (χ0v) is 9.49. The van der Waals surface area contributed by atoms with E-state index in [1.165, 1.54) is 24.8 Å². The van der Waals surface area contributed by atoms with Gasteiger partial charge in [0.2, 0.25) is 5.91 Å². The summed E-state index contributed by atoms with van der Waals surface area (Å²) in [4.78, 5) is 35.8. The lowest BCUT2D eigenvalue weighted by Crippen LogP contribution is -2.65. The monoisotopic (exact) mass is 225 g/mol. The predicted molar refractivity (Wildman–Crippen MR) is 56.6 cm³/mol. The van der Waals surface area contributed by atoms with Crippen LogP contribution < -0.4 is 0 Å². The summed E-state index contributed by atoms with van der Waals surface area (Å²) < 4.78 is 4.85. The summed E-state index contributed by atoms with van der Waals surface area (Å²) in [6.07, 6.45) is 1.79. The number of ether oxygens (including phenoxy) is 1. The molecular weight excluding hydrogens is 210 g/mol. The summed E-state index contributed by atoms with van der Waals surface area (Å²) in [6.45, 7) is 6.55. The summed E-state index contributed by atoms with van der Waals surface area (Å²) in [5.74, 6) is -1.30. The summed E-state index contributed by atoms with van der Waals surface area (Å²) in [5, 5.41) is 0. The number of hydrogen-bond donors (Lipinski definition) is 0. The Morgan fingerprint density at radius 1 is 1.62 bits per heavy atom. The normalized spacial score (nSPS) is 18.4. The molecule has 5 heteroatoms. The van der Waals surface area contributed by atoms with Gasteiger partial charge in [-0.15, -0.1) is 0 Å². The highest BCUT2D eigenvalue weighted by Gasteiger charge is 2.50. The van der Waals surface area contributed by atoms with Gasteiger partial charge in [0.15, 0.2) is 11.3 Å². The van der Waals surface area contributed by atoms with E-state index in [1.54, 1.807) is 0 Å². The second-order valence-electron chi connectivity index (χ2n) is 3.81. The molecule has 1 amide bonds. The van der Waals surface area contributed by atoms with E-state index in [-0.39, 0.29) is 12.5 Å². The van der Waals surface area contributed by atoms with E-state index in [9.17, 15) is 14.4 Å². The second-order valence-corrected chi connectivity index (χ2v) is 3.81. The fraction of sp³-hybridized carbons (Fsp3) is 0.545. The van der Waals surface area contributed by atoms with Crippen LogP contribution in [0.2, 0.25) is 0 Å². The van der Waals surface area contributed by atoms with Gasteiger partial charge >= 0.3 is 5.97 Å². The molecule has 0 radical (unpaired) electrons. The van der Waals surface area contributed by atoms with Crippen molar-refractivity contribution in [1.82, 2.24) is 4.90 Å². The number of carbonyl (C=O) groups is 3. The van der Waals surface area contributed by atoms with E-state index < -0.39 is 17.3 Å². The third-order valence-electron chi connectivity index (χ3n) is 2.81. The molecule has 88 valence electrons. The number of Topliss-reactive ketones (excluding diaryl/α,β-unsaturated/α-hetero) is 1. The molecule has 1 rings (SSSR count). The van der Waals surface area contributed by atoms with Gasteiger partial charge in [0.25, 0.3) is 0 Å². The van der Waals surface area contributed by atoms with Crippen molar-refractivity contribution in [2.45, 2.75) is 25.8 Å². The lowest BCUT2D eigenvalue weighted by Gasteiger charge is -2.42. The minimum Gasteiger partial charge on any atom is -0.459 e. The van der Waals surface area contributed by atoms with E-state index in [0.29, 0.717) is 13.0 Å². The van der Waals surface area contributed by atoms with Gasteiger partial charge in [-0.1, -0.05) is 12.7 Å². The Morgan fingerprint density at radius 3 is 2.56 bits per heavy atom. The fourth-order valence-electron chi connectivity index (χ4n) is 1.51. The number of nitrogens with zero attached hydrogens (tertiary/aromatic N) is 1. The fourth-order valence-corrected chi connectivity index (χ4v) is 1.51. The minimum absolute atomic E-state index is 0.0315. The van der Waals surface area contributed by atoms with Gasteiger partial charge < -0.3 is 9.64 Å². The third kappa shape index (κ3) is 1.85. The number of amides is 1. The molecule has 0 aromatic rings. The van der Waals surface area contributed by atoms with Crippen molar-refractivity contribution < 1.29 is 19.1 Å². The molecule has 0 aliphatic carbocycles. The van der Waals surface area contributed by atoms with Crippen LogP contribution in [0.3, 0.4) is 0 Å². The van der Waals surface area contributed by atoms with Crippen LogP contribution in [-0.2, 0) is 19.1 Å². The molecule has 1 unspecified atom stereocenters. The smallest absolute Gasteiger partial charge is 0.339 e. The Labute approximate surface area is 94.1 Å². The van der Waals surface area contributed by atoms with Gasteiger partial charge in [0.05, 0.1) is 0 Å². The number of β-lactam (4-membered cyclic amide) rings is 1. The molecular formula is C11H15NO4. The molecule has 0 spiro atoms. The molecule has 1 aliphatic rings. The zero-order chi connectivity index (χ0) is 12.3. The summed E-state index contributed by atoms with van der Waals surface area (Å²) in [7, 11) is 0. The number of hydrogen-bond acceptors (Lipinski definition) is 4. The first-order valence-corrected chi connectivity index (χ1v) is 5.04. The number of ketones is 1. The minimum atomic E-state index is -1.49. The first kappa shape index (κ1) is 12.4. The molecule has 1 atom stereocenters. The van der Waals surface area contributed by atoms with Crippen molar-refractivity contribution in [2.75, 3.05) is 13.2 Å². The Bertz CT molecular complexity index is 350. The molecule has 0 aromatic heterocycles. The Kier molecular flexibility index (Phi) is 3.47. The molecule has 0 N–H and O–H groups in total. The average Bonchev–Trinajstić information content (AvgIpc) is 2.22. The molecule has 1 aliphatic heterocycles. The first-order chi connectivity index (χ1) is 7.44. The predicted octanol–water partition coefficient (Wildman–Crippen LogP) is 0.296. The van der Waals surface area contributed by atoms with Crippen molar-refractivity contribution in [1.29, 1.82) is 0 Å². The second kappa shape index (κ2) is 4.47. The van der Waals surface area contributed by atoms with Crippen LogP contribution in [0.4, 0.5) is 0 Å². The topological polar surface area (TPSA) is 63.7 Å². The largest absolute Gasteiger partial charge is 0.459 e. The van der Waals surface area contributed by atoms with Gasteiger partial charge in [-0.25, -0.2) is 4.79 Å². The molecule has 0 saturated carbocycles. The highest BCUT2D eigenvalue weighted by atomic mass is 16.5. The van der Waals surface area contributed by atoms with E-state index in [4.69, 9.17) is 4.74 Å². The van der Waals surface area contributed by atoms with Crippen LogP contribution >= 0.6 is 0 Å². The van der Waals surface area contributed by atoms with Crippen LogP contribution in [0.5, 0.6) is 0 Å². The van der Waals surface area contributed by atoms with Crippen molar-refractivity contribution in [3.8, 4) is 0 Å². The van der Waals surface area contributed by atoms with E-state index >= 15 is 0 Å². The summed E-state index contributed by atoms with van der Waals surface area (Å²) in [6, 6.07) is 0. The highest BCUT2D eigenvalue weighted by molar-refractivity contribution is 6.10. The SMILES string of the molecule is C=CCOC(=O)C(C)(C(C)=O)N1CCC1=O. The Hall–Kier alpha value is -1.65. The Balaban J connectivity index is 2.87. The van der Waals surface area contributed by atoms with Gasteiger partial charge in [-0.2, -0.15) is 0 Å². The van der Waals surface area contributed by atoms with Crippen molar-refractivity contribution in [3.05, 3.63) is 12.7 Å². The molecule has 0 bridgehead atoms. The van der Waals surface area contributed by atoms with Crippen LogP contribution in [0.1, 0.15) is 20.3 Å². The average molecular weight is 225 g/mol. The molecule has 1 heterocycles. The Morgan fingerprint density at radius 2 is 2.25 bits per heavy atom. The zero-order valence-electron chi connectivity index (χ0n) is 9.49. The number of likely N-dealkylation sites (tertiary alicyclic amines) is 1. The van der Waals surface area contributed by atoms with Gasteiger partial charge in [-0.3, -0.25) is 9.59 Å². The van der Waals surface area contributed by atoms with Gasteiger partial charge in [0.1, 0.15) is 6.61 Å². The molecule has 1 saturated heterocycles. The van der Waals surface area contributed by atoms with Gasteiger partial charge in [-0.05, 0) is 13.8 Å². The highest BCUT2D eigenvalue weighted by Crippen LogP contribution is 2.25. The molecule has 1 fully saturated rings. The maximum absolute atomic E-state index is 11.8. The summed E-state index contributed by atoms with van der Waals surface area (Å²) >= 11 is 0. The van der Waals surface area contributed by atoms with Gasteiger partial charge in [0, 0.05) is 13.0 Å². The van der Waals surface area contributed by atoms with E-state index in [2.05, 4.69) is 6.58 Å². The summed E-state index contributed by atoms with van der Waals surface area (Å²) in [5.41, 5.74) is -1.49. The van der Waals surface area contributed by atoms with E-state index in [1.807, 2.05) is 0 Å². The first-order valence-electron chi connectivity index (χ1n) is 5.04.